The van der Waals surface area contributed by atoms with Crippen LogP contribution in [-0.4, -0.2) is 47.2 Å². The van der Waals surface area contributed by atoms with Gasteiger partial charge in [0.05, 0.1) is 28.2 Å². The number of hydrogen-bond acceptors (Lipinski definition) is 6. The molecule has 2 aliphatic rings. The summed E-state index contributed by atoms with van der Waals surface area (Å²) in [4.78, 5) is 30.2. The minimum atomic E-state index is -3.05. The molecule has 0 saturated carbocycles. The summed E-state index contributed by atoms with van der Waals surface area (Å²) in [5.41, 5.74) is 1.90. The van der Waals surface area contributed by atoms with E-state index in [-0.39, 0.29) is 34.8 Å². The van der Waals surface area contributed by atoms with Crippen LogP contribution in [0.2, 0.25) is 0 Å². The number of para-hydroxylation sites is 1. The third-order valence-electron chi connectivity index (χ3n) is 5.80. The predicted molar refractivity (Wildman–Crippen MR) is 123 cm³/mol. The second-order valence-electron chi connectivity index (χ2n) is 8.18. The van der Waals surface area contributed by atoms with E-state index >= 15 is 0 Å². The molecule has 1 aromatic heterocycles. The zero-order valence-corrected chi connectivity index (χ0v) is 19.0. The third-order valence-corrected chi connectivity index (χ3v) is 8.54. The van der Waals surface area contributed by atoms with Gasteiger partial charge in [0.15, 0.2) is 15.0 Å². The van der Waals surface area contributed by atoms with Crippen LogP contribution in [0.3, 0.4) is 0 Å². The van der Waals surface area contributed by atoms with Crippen molar-refractivity contribution >= 4 is 38.4 Å². The van der Waals surface area contributed by atoms with Gasteiger partial charge in [-0.2, -0.15) is 0 Å². The van der Waals surface area contributed by atoms with Crippen molar-refractivity contribution in [3.05, 3.63) is 46.3 Å². The van der Waals surface area contributed by atoms with Crippen LogP contribution in [0.15, 0.2) is 45.9 Å². The maximum absolute atomic E-state index is 13.1. The first-order valence-electron chi connectivity index (χ1n) is 10.7. The Balaban J connectivity index is 1.50. The molecule has 1 aliphatic heterocycles. The van der Waals surface area contributed by atoms with Crippen molar-refractivity contribution in [1.29, 1.82) is 0 Å². The van der Waals surface area contributed by atoms with Crippen LogP contribution in [0, 0.1) is 0 Å². The van der Waals surface area contributed by atoms with Crippen LogP contribution < -0.4 is 10.9 Å². The van der Waals surface area contributed by atoms with Crippen molar-refractivity contribution in [2.24, 2.45) is 0 Å². The Morgan fingerprint density at radius 1 is 1.26 bits per heavy atom. The Kier molecular flexibility index (Phi) is 6.81. The van der Waals surface area contributed by atoms with E-state index in [0.717, 1.165) is 19.3 Å². The van der Waals surface area contributed by atoms with E-state index in [9.17, 15) is 18.0 Å². The molecule has 1 atom stereocenters. The highest BCUT2D eigenvalue weighted by Gasteiger charge is 2.29. The lowest BCUT2D eigenvalue weighted by atomic mass is 9.97. The summed E-state index contributed by atoms with van der Waals surface area (Å²) < 4.78 is 24.9. The molecule has 0 bridgehead atoms. The highest BCUT2D eigenvalue weighted by atomic mass is 32.2. The van der Waals surface area contributed by atoms with Crippen molar-refractivity contribution in [2.75, 3.05) is 17.3 Å². The van der Waals surface area contributed by atoms with Crippen LogP contribution in [0.4, 0.5) is 0 Å². The van der Waals surface area contributed by atoms with E-state index in [1.807, 2.05) is 12.1 Å². The molecular weight excluding hydrogens is 434 g/mol. The lowest BCUT2D eigenvalue weighted by molar-refractivity contribution is -0.119. The second kappa shape index (κ2) is 9.56. The molecule has 31 heavy (non-hydrogen) atoms. The molecule has 166 valence electrons. The van der Waals surface area contributed by atoms with Crippen molar-refractivity contribution in [3.63, 3.8) is 0 Å². The van der Waals surface area contributed by atoms with Crippen molar-refractivity contribution in [2.45, 2.75) is 56.3 Å². The summed E-state index contributed by atoms with van der Waals surface area (Å²) >= 11 is 1.22. The number of allylic oxidation sites excluding steroid dienone is 2. The van der Waals surface area contributed by atoms with Gasteiger partial charge in [0, 0.05) is 12.6 Å². The minimum absolute atomic E-state index is 0.00253. The van der Waals surface area contributed by atoms with E-state index in [1.54, 1.807) is 16.7 Å². The molecule has 1 unspecified atom stereocenters. The maximum Gasteiger partial charge on any atom is 0.262 e. The van der Waals surface area contributed by atoms with E-state index in [2.05, 4.69) is 16.4 Å². The average molecular weight is 462 g/mol. The monoisotopic (exact) mass is 461 g/mol. The zero-order valence-electron chi connectivity index (χ0n) is 17.4. The summed E-state index contributed by atoms with van der Waals surface area (Å²) in [7, 11) is -3.05. The molecule has 2 heterocycles. The van der Waals surface area contributed by atoms with Gasteiger partial charge in [0.2, 0.25) is 5.91 Å². The number of carbonyl (C=O) groups is 1. The van der Waals surface area contributed by atoms with Gasteiger partial charge >= 0.3 is 0 Å². The highest BCUT2D eigenvalue weighted by molar-refractivity contribution is 7.99. The number of nitrogens with one attached hydrogen (secondary N) is 1. The summed E-state index contributed by atoms with van der Waals surface area (Å²) in [5.74, 6) is -0.0372. The molecule has 2 aromatic rings. The van der Waals surface area contributed by atoms with E-state index in [1.165, 1.54) is 30.2 Å². The number of aromatic nitrogens is 2. The topological polar surface area (TPSA) is 98.1 Å². The minimum Gasteiger partial charge on any atom is -0.352 e. The van der Waals surface area contributed by atoms with Crippen LogP contribution in [0.25, 0.3) is 10.9 Å². The first-order valence-corrected chi connectivity index (χ1v) is 13.5. The predicted octanol–water partition coefficient (Wildman–Crippen LogP) is 2.68. The smallest absolute Gasteiger partial charge is 0.262 e. The molecule has 1 fully saturated rings. The summed E-state index contributed by atoms with van der Waals surface area (Å²) in [6.07, 6.45) is 8.12. The van der Waals surface area contributed by atoms with Crippen LogP contribution in [-0.2, 0) is 21.2 Å². The van der Waals surface area contributed by atoms with Gasteiger partial charge in [-0.3, -0.25) is 14.2 Å². The number of thioether (sulfide) groups is 1. The first kappa shape index (κ1) is 22.1. The molecule has 1 amide bonds. The summed E-state index contributed by atoms with van der Waals surface area (Å²) in [5, 5.41) is 3.89. The molecule has 0 radical (unpaired) electrons. The Labute approximate surface area is 186 Å². The Hall–Kier alpha value is -2.13. The number of hydrogen-bond donors (Lipinski definition) is 1. The molecular formula is C22H27N3O4S2. The SMILES string of the molecule is O=C(CSc1nc2ccccc2c(=O)n1CCC1=CCCCC1)NC1CCS(=O)(=O)C1. The van der Waals surface area contributed by atoms with Gasteiger partial charge in [-0.25, -0.2) is 13.4 Å². The van der Waals surface area contributed by atoms with Crippen molar-refractivity contribution in [1.82, 2.24) is 14.9 Å². The lowest BCUT2D eigenvalue weighted by Gasteiger charge is -2.16. The average Bonchev–Trinajstić information content (AvgIpc) is 3.10. The Morgan fingerprint density at radius 2 is 2.10 bits per heavy atom. The van der Waals surface area contributed by atoms with Gasteiger partial charge < -0.3 is 5.32 Å². The van der Waals surface area contributed by atoms with Crippen molar-refractivity contribution in [3.8, 4) is 0 Å². The fourth-order valence-electron chi connectivity index (χ4n) is 4.15. The summed E-state index contributed by atoms with van der Waals surface area (Å²) in [6.45, 7) is 0.535. The number of amides is 1. The fourth-order valence-corrected chi connectivity index (χ4v) is 6.66. The number of rotatable bonds is 7. The van der Waals surface area contributed by atoms with Crippen LogP contribution in [0.5, 0.6) is 0 Å². The highest BCUT2D eigenvalue weighted by Crippen LogP contribution is 2.23. The normalized spacial score (nSPS) is 20.5. The van der Waals surface area contributed by atoms with Gasteiger partial charge in [0.1, 0.15) is 0 Å². The van der Waals surface area contributed by atoms with E-state index < -0.39 is 9.84 Å². The molecule has 1 N–H and O–H groups in total. The first-order chi connectivity index (χ1) is 14.9. The van der Waals surface area contributed by atoms with E-state index in [4.69, 9.17) is 0 Å². The molecule has 9 heteroatoms. The molecule has 7 nitrogen and oxygen atoms in total. The lowest BCUT2D eigenvalue weighted by Crippen LogP contribution is -2.36. The number of benzene rings is 1. The fraction of sp³-hybridized carbons (Fsp3) is 0.500. The van der Waals surface area contributed by atoms with Crippen LogP contribution in [0.1, 0.15) is 38.5 Å². The molecule has 1 saturated heterocycles. The zero-order chi connectivity index (χ0) is 21.8. The van der Waals surface area contributed by atoms with E-state index in [0.29, 0.717) is 29.0 Å². The van der Waals surface area contributed by atoms with Crippen molar-refractivity contribution < 1.29 is 13.2 Å². The number of carbonyl (C=O) groups excluding carboxylic acids is 1. The Bertz CT molecular complexity index is 1170. The summed E-state index contributed by atoms with van der Waals surface area (Å²) in [6, 6.07) is 6.92. The van der Waals surface area contributed by atoms with Crippen LogP contribution >= 0.6 is 11.8 Å². The van der Waals surface area contributed by atoms with Gasteiger partial charge in [0.25, 0.3) is 5.56 Å². The van der Waals surface area contributed by atoms with Gasteiger partial charge in [-0.15, -0.1) is 0 Å². The quantitative estimate of drug-likeness (QED) is 0.387. The molecule has 1 aromatic carbocycles. The molecule has 0 spiro atoms. The number of sulfone groups is 1. The van der Waals surface area contributed by atoms with Gasteiger partial charge in [-0.05, 0) is 50.7 Å². The maximum atomic E-state index is 13.1. The molecule has 4 rings (SSSR count). The second-order valence-corrected chi connectivity index (χ2v) is 11.4. The Morgan fingerprint density at radius 3 is 2.84 bits per heavy atom. The molecule has 1 aliphatic carbocycles. The standard InChI is InChI=1S/C22H27N3O4S2/c26-20(23-17-11-13-31(28,29)15-17)14-30-22-24-19-9-5-4-8-18(19)21(27)25(22)12-10-16-6-2-1-3-7-16/h4-6,8-9,17H,1-3,7,10-15H2,(H,23,26). The largest absolute Gasteiger partial charge is 0.352 e. The number of fused-ring (bicyclic) bond motifs is 1. The third kappa shape index (κ3) is 5.57. The van der Waals surface area contributed by atoms with Gasteiger partial charge in [-0.1, -0.05) is 35.5 Å². The number of nitrogens with zero attached hydrogens (tertiary/aromatic N) is 2.